The summed E-state index contributed by atoms with van der Waals surface area (Å²) in [7, 11) is 0. The highest BCUT2D eigenvalue weighted by atomic mass is 32.1. The number of piperazine rings is 1. The molecule has 1 aromatic heterocycles. The minimum absolute atomic E-state index is 0.0148. The van der Waals surface area contributed by atoms with E-state index in [0.29, 0.717) is 17.5 Å². The number of hydrogen-bond acceptors (Lipinski definition) is 6. The van der Waals surface area contributed by atoms with Gasteiger partial charge in [-0.25, -0.2) is 4.98 Å². The first-order valence-corrected chi connectivity index (χ1v) is 11.7. The lowest BCUT2D eigenvalue weighted by Crippen LogP contribution is -2.50. The number of aromatic nitrogens is 1. The van der Waals surface area contributed by atoms with E-state index in [2.05, 4.69) is 44.5 Å². The van der Waals surface area contributed by atoms with Crippen molar-refractivity contribution in [1.29, 1.82) is 0 Å². The molecule has 2 heterocycles. The summed E-state index contributed by atoms with van der Waals surface area (Å²) in [5.41, 5.74) is 3.31. The summed E-state index contributed by atoms with van der Waals surface area (Å²) in [6.45, 7) is 5.55. The number of nitro groups is 1. The average Bonchev–Trinajstić information content (AvgIpc) is 2.84. The summed E-state index contributed by atoms with van der Waals surface area (Å²) in [6, 6.07) is 21.4. The minimum atomic E-state index is -0.394. The van der Waals surface area contributed by atoms with Crippen LogP contribution in [0.2, 0.25) is 0 Å². The number of benzene rings is 2. The van der Waals surface area contributed by atoms with Gasteiger partial charge in [0.2, 0.25) is 5.82 Å². The van der Waals surface area contributed by atoms with E-state index in [4.69, 9.17) is 12.2 Å². The molecule has 0 radical (unpaired) electrons. The van der Waals surface area contributed by atoms with Crippen LogP contribution in [0.5, 0.6) is 0 Å². The molecule has 0 aliphatic carbocycles. The fourth-order valence-electron chi connectivity index (χ4n) is 3.93. The number of pyridine rings is 1. The van der Waals surface area contributed by atoms with Crippen LogP contribution in [0.15, 0.2) is 66.7 Å². The molecule has 9 heteroatoms. The Hall–Kier alpha value is -3.72. The van der Waals surface area contributed by atoms with Gasteiger partial charge in [0.15, 0.2) is 5.11 Å². The predicted octanol–water partition coefficient (Wildman–Crippen LogP) is 4.47. The molecule has 4 rings (SSSR count). The van der Waals surface area contributed by atoms with Gasteiger partial charge < -0.3 is 20.4 Å². The molecular formula is C25H28N6O2S. The van der Waals surface area contributed by atoms with Gasteiger partial charge in [0.25, 0.3) is 0 Å². The maximum absolute atomic E-state index is 11.5. The molecule has 1 aliphatic rings. The van der Waals surface area contributed by atoms with Gasteiger partial charge in [0, 0.05) is 44.5 Å². The highest BCUT2D eigenvalue weighted by Crippen LogP contribution is 2.26. The molecule has 2 aromatic carbocycles. The van der Waals surface area contributed by atoms with E-state index in [0.717, 1.165) is 44.1 Å². The lowest BCUT2D eigenvalue weighted by atomic mass is 10.1. The Morgan fingerprint density at radius 1 is 1.06 bits per heavy atom. The lowest BCUT2D eigenvalue weighted by Gasteiger charge is -2.36. The predicted molar refractivity (Wildman–Crippen MR) is 141 cm³/mol. The second-order valence-corrected chi connectivity index (χ2v) is 8.62. The number of anilines is 3. The van der Waals surface area contributed by atoms with Crippen LogP contribution in [0.3, 0.4) is 0 Å². The van der Waals surface area contributed by atoms with Gasteiger partial charge in [-0.2, -0.15) is 0 Å². The summed E-state index contributed by atoms with van der Waals surface area (Å²) in [6.07, 6.45) is 0.758. The molecular weight excluding hydrogens is 448 g/mol. The van der Waals surface area contributed by atoms with E-state index in [1.165, 1.54) is 17.2 Å². The van der Waals surface area contributed by atoms with Gasteiger partial charge in [-0.1, -0.05) is 42.5 Å². The number of nitrogens with zero attached hydrogens (tertiary/aromatic N) is 4. The second-order valence-electron chi connectivity index (χ2n) is 8.23. The van der Waals surface area contributed by atoms with Gasteiger partial charge in [-0.15, -0.1) is 0 Å². The van der Waals surface area contributed by atoms with Crippen molar-refractivity contribution in [3.63, 3.8) is 0 Å². The van der Waals surface area contributed by atoms with Crippen LogP contribution in [0.25, 0.3) is 0 Å². The van der Waals surface area contributed by atoms with Crippen LogP contribution in [0.4, 0.5) is 23.0 Å². The molecule has 0 saturated carbocycles. The van der Waals surface area contributed by atoms with Crippen molar-refractivity contribution in [3.8, 4) is 0 Å². The van der Waals surface area contributed by atoms with E-state index < -0.39 is 4.92 Å². The number of rotatable bonds is 7. The van der Waals surface area contributed by atoms with Crippen molar-refractivity contribution in [2.24, 2.45) is 0 Å². The zero-order chi connectivity index (χ0) is 23.9. The Morgan fingerprint density at radius 2 is 1.82 bits per heavy atom. The van der Waals surface area contributed by atoms with Crippen LogP contribution in [-0.4, -0.2) is 52.6 Å². The summed E-state index contributed by atoms with van der Waals surface area (Å²) in [5.74, 6) is 1.03. The first-order valence-electron chi connectivity index (χ1n) is 11.3. The van der Waals surface area contributed by atoms with Crippen molar-refractivity contribution in [1.82, 2.24) is 9.88 Å². The van der Waals surface area contributed by atoms with Crippen LogP contribution in [-0.2, 0) is 6.42 Å². The van der Waals surface area contributed by atoms with E-state index in [1.807, 2.05) is 42.5 Å². The molecule has 0 spiro atoms. The maximum atomic E-state index is 11.5. The van der Waals surface area contributed by atoms with Crippen molar-refractivity contribution < 1.29 is 4.92 Å². The zero-order valence-electron chi connectivity index (χ0n) is 19.1. The molecule has 1 saturated heterocycles. The molecule has 0 unspecified atom stereocenters. The highest BCUT2D eigenvalue weighted by molar-refractivity contribution is 7.80. The Kier molecular flexibility index (Phi) is 7.54. The van der Waals surface area contributed by atoms with Crippen LogP contribution < -0.4 is 15.5 Å². The zero-order valence-corrected chi connectivity index (χ0v) is 19.9. The monoisotopic (exact) mass is 476 g/mol. The number of nitrogens with one attached hydrogen (secondary N) is 2. The smallest absolute Gasteiger partial charge is 0.311 e. The number of aryl methyl sites for hydroxylation is 1. The Balaban J connectivity index is 1.37. The van der Waals surface area contributed by atoms with Gasteiger partial charge in [0.1, 0.15) is 5.82 Å². The first kappa shape index (κ1) is 23.4. The number of thiocarbonyl (C=S) groups is 1. The van der Waals surface area contributed by atoms with Gasteiger partial charge in [-0.3, -0.25) is 10.1 Å². The lowest BCUT2D eigenvalue weighted by molar-refractivity contribution is -0.384. The summed E-state index contributed by atoms with van der Waals surface area (Å²) < 4.78 is 0. The molecule has 2 N–H and O–H groups in total. The third kappa shape index (κ3) is 5.99. The van der Waals surface area contributed by atoms with Crippen molar-refractivity contribution in [2.75, 3.05) is 48.3 Å². The maximum Gasteiger partial charge on any atom is 0.311 e. The second kappa shape index (κ2) is 10.9. The van der Waals surface area contributed by atoms with Gasteiger partial charge >= 0.3 is 5.69 Å². The van der Waals surface area contributed by atoms with Crippen LogP contribution in [0.1, 0.15) is 11.1 Å². The summed E-state index contributed by atoms with van der Waals surface area (Å²) in [4.78, 5) is 20.0. The molecule has 8 nitrogen and oxygen atoms in total. The van der Waals surface area contributed by atoms with E-state index >= 15 is 0 Å². The fraction of sp³-hybridized carbons (Fsp3) is 0.280. The third-order valence-corrected chi connectivity index (χ3v) is 6.13. The molecule has 3 aromatic rings. The topological polar surface area (TPSA) is 86.6 Å². The standard InChI is InChI=1S/C25H28N6O2S/c1-19-6-5-9-21(18-19)27-25(34)30-16-14-29(15-17-30)23-11-10-22(31(32)33)24(28-23)26-13-12-20-7-3-2-4-8-20/h2-11,18H,12-17H2,1H3,(H,26,28)(H,27,34). The van der Waals surface area contributed by atoms with Crippen LogP contribution >= 0.6 is 12.2 Å². The highest BCUT2D eigenvalue weighted by Gasteiger charge is 2.23. The Labute approximate surface area is 204 Å². The summed E-state index contributed by atoms with van der Waals surface area (Å²) in [5, 5.41) is 18.7. The molecule has 0 bridgehead atoms. The molecule has 1 aliphatic heterocycles. The minimum Gasteiger partial charge on any atom is -0.364 e. The molecule has 0 amide bonds. The number of hydrogen-bond donors (Lipinski definition) is 2. The van der Waals surface area contributed by atoms with Gasteiger partial charge in [-0.05, 0) is 54.9 Å². The fourth-order valence-corrected chi connectivity index (χ4v) is 4.23. The van der Waals surface area contributed by atoms with E-state index in [-0.39, 0.29) is 5.69 Å². The molecule has 34 heavy (non-hydrogen) atoms. The quantitative estimate of drug-likeness (QED) is 0.293. The van der Waals surface area contributed by atoms with Crippen LogP contribution in [0, 0.1) is 17.0 Å². The molecule has 1 fully saturated rings. The Morgan fingerprint density at radius 3 is 2.53 bits per heavy atom. The Bertz CT molecular complexity index is 1150. The summed E-state index contributed by atoms with van der Waals surface area (Å²) >= 11 is 5.60. The largest absolute Gasteiger partial charge is 0.364 e. The first-order chi connectivity index (χ1) is 16.5. The van der Waals surface area contributed by atoms with Crippen molar-refractivity contribution in [2.45, 2.75) is 13.3 Å². The molecule has 0 atom stereocenters. The average molecular weight is 477 g/mol. The third-order valence-electron chi connectivity index (χ3n) is 5.77. The SMILES string of the molecule is Cc1cccc(NC(=S)N2CCN(c3ccc([N+](=O)[O-])c(NCCc4ccccc4)n3)CC2)c1. The molecule has 176 valence electrons. The van der Waals surface area contributed by atoms with E-state index in [1.54, 1.807) is 6.07 Å². The van der Waals surface area contributed by atoms with Crippen molar-refractivity contribution in [3.05, 3.63) is 88.0 Å². The van der Waals surface area contributed by atoms with E-state index in [9.17, 15) is 10.1 Å². The van der Waals surface area contributed by atoms with Crippen molar-refractivity contribution >= 4 is 40.3 Å². The normalized spacial score (nSPS) is 13.4. The van der Waals surface area contributed by atoms with Gasteiger partial charge in [0.05, 0.1) is 4.92 Å².